The highest BCUT2D eigenvalue weighted by atomic mass is 32.1. The maximum Gasteiger partial charge on any atom is 0.490 e. The number of benzene rings is 1. The van der Waals surface area contributed by atoms with E-state index in [9.17, 15) is 26.3 Å². The number of hydrogen-bond acceptors (Lipinski definition) is 5. The lowest BCUT2D eigenvalue weighted by Gasteiger charge is -2.27. The second-order valence-electron chi connectivity index (χ2n) is 8.24. The minimum absolute atomic E-state index is 0.582. The van der Waals surface area contributed by atoms with E-state index in [1.54, 1.807) is 22.5 Å². The number of fused-ring (bicyclic) bond motifs is 3. The van der Waals surface area contributed by atoms with Crippen molar-refractivity contribution in [2.75, 3.05) is 27.2 Å². The zero-order chi connectivity index (χ0) is 26.6. The Morgan fingerprint density at radius 2 is 1.49 bits per heavy atom. The van der Waals surface area contributed by atoms with Gasteiger partial charge in [0.1, 0.15) is 0 Å². The summed E-state index contributed by atoms with van der Waals surface area (Å²) in [5.74, 6) is -4.05. The van der Waals surface area contributed by atoms with E-state index in [1.807, 2.05) is 0 Å². The van der Waals surface area contributed by atoms with Crippen LogP contribution in [0.3, 0.4) is 0 Å². The Hall–Kier alpha value is -2.64. The van der Waals surface area contributed by atoms with Crippen LogP contribution < -0.4 is 0 Å². The summed E-state index contributed by atoms with van der Waals surface area (Å²) < 4.78 is 63.5. The van der Waals surface area contributed by atoms with Gasteiger partial charge in [-0.1, -0.05) is 24.3 Å². The summed E-state index contributed by atoms with van der Waals surface area (Å²) in [4.78, 5) is 22.8. The predicted octanol–water partition coefficient (Wildman–Crippen LogP) is 4.85. The quantitative estimate of drug-likeness (QED) is 0.557. The van der Waals surface area contributed by atoms with Crippen molar-refractivity contribution >= 4 is 23.3 Å². The Kier molecular flexibility index (Phi) is 9.31. The Balaban J connectivity index is 0.000000257. The molecule has 2 aliphatic rings. The predicted molar refractivity (Wildman–Crippen MR) is 116 cm³/mol. The van der Waals surface area contributed by atoms with Crippen molar-refractivity contribution in [2.24, 2.45) is 5.92 Å². The first-order valence-electron chi connectivity index (χ1n) is 10.2. The third-order valence-electron chi connectivity index (χ3n) is 5.59. The van der Waals surface area contributed by atoms with Crippen molar-refractivity contribution < 1.29 is 46.1 Å². The average molecular weight is 526 g/mol. The molecule has 4 rings (SSSR count). The number of carboxylic acid groups (broad SMARTS) is 2. The highest BCUT2D eigenvalue weighted by Crippen LogP contribution is 2.51. The normalized spacial score (nSPS) is 21.3. The molecule has 1 saturated heterocycles. The van der Waals surface area contributed by atoms with Gasteiger partial charge in [-0.2, -0.15) is 37.7 Å². The first-order chi connectivity index (χ1) is 16.1. The van der Waals surface area contributed by atoms with E-state index in [4.69, 9.17) is 19.8 Å². The number of carboxylic acids is 2. The van der Waals surface area contributed by atoms with Crippen LogP contribution in [-0.4, -0.2) is 71.5 Å². The molecule has 0 radical (unpaired) electrons. The Morgan fingerprint density at radius 1 is 0.971 bits per heavy atom. The zero-order valence-electron chi connectivity index (χ0n) is 18.7. The number of hydrogen-bond donors (Lipinski definition) is 2. The summed E-state index contributed by atoms with van der Waals surface area (Å²) in [6.45, 7) is 3.54. The molecule has 13 heteroatoms. The van der Waals surface area contributed by atoms with Crippen LogP contribution in [0.4, 0.5) is 26.3 Å². The third-order valence-corrected chi connectivity index (χ3v) is 6.32. The van der Waals surface area contributed by atoms with E-state index in [2.05, 4.69) is 65.0 Å². The Labute approximate surface area is 201 Å². The van der Waals surface area contributed by atoms with Crippen LogP contribution >= 0.6 is 11.3 Å². The number of aliphatic carboxylic acids is 2. The van der Waals surface area contributed by atoms with Gasteiger partial charge >= 0.3 is 24.3 Å². The maximum absolute atomic E-state index is 10.6. The number of alkyl halides is 6. The van der Waals surface area contributed by atoms with Gasteiger partial charge in [0.05, 0.1) is 0 Å². The van der Waals surface area contributed by atoms with Crippen LogP contribution in [0.25, 0.3) is 0 Å². The molecule has 3 atom stereocenters. The van der Waals surface area contributed by atoms with Crippen LogP contribution in [0, 0.1) is 5.92 Å². The first kappa shape index (κ1) is 28.6. The van der Waals surface area contributed by atoms with Gasteiger partial charge in [0.2, 0.25) is 0 Å². The molecule has 194 valence electrons. The van der Waals surface area contributed by atoms with Gasteiger partial charge in [-0.3, -0.25) is 4.90 Å². The lowest BCUT2D eigenvalue weighted by molar-refractivity contribution is -0.193. The number of thiophene rings is 1. The molecule has 1 fully saturated rings. The molecule has 2 aromatic rings. The lowest BCUT2D eigenvalue weighted by Crippen LogP contribution is -2.28. The number of rotatable bonds is 3. The lowest BCUT2D eigenvalue weighted by atomic mass is 9.94. The minimum atomic E-state index is -5.08. The molecule has 0 unspecified atom stereocenters. The molecule has 2 N–H and O–H groups in total. The van der Waals surface area contributed by atoms with E-state index in [0.29, 0.717) is 12.0 Å². The van der Waals surface area contributed by atoms with E-state index < -0.39 is 24.3 Å². The van der Waals surface area contributed by atoms with Gasteiger partial charge in [-0.05, 0) is 53.5 Å². The van der Waals surface area contributed by atoms with Crippen molar-refractivity contribution in [3.63, 3.8) is 0 Å². The summed E-state index contributed by atoms with van der Waals surface area (Å²) in [6, 6.07) is 11.9. The van der Waals surface area contributed by atoms with E-state index in [1.165, 1.54) is 18.7 Å². The van der Waals surface area contributed by atoms with Crippen LogP contribution in [0.5, 0.6) is 0 Å². The standard InChI is InChI=1S/C18H22N2S.2C2HF3O2/c1-19(2)18-15-6-4-3-5-14(15)16-10-20(11-17(16)18)9-13-7-8-21-12-13;2*3-2(4,5)1(6)7/h3-8,12,16-18H,9-11H2,1-2H3;2*(H,6,7)/t16-,17-,18-;;/m0../s1. The van der Waals surface area contributed by atoms with Crippen LogP contribution in [0.15, 0.2) is 41.1 Å². The fraction of sp³-hybridized carbons (Fsp3) is 0.455. The van der Waals surface area contributed by atoms with Gasteiger partial charge in [-0.25, -0.2) is 9.59 Å². The zero-order valence-corrected chi connectivity index (χ0v) is 19.5. The largest absolute Gasteiger partial charge is 0.490 e. The SMILES string of the molecule is CN(C)[C@H]1c2ccccc2[C@@H]2CN(Cc3ccsc3)C[C@@H]21.O=C(O)C(F)(F)F.O=C(O)C(F)(F)F. The molecule has 1 aromatic carbocycles. The number of likely N-dealkylation sites (tertiary alicyclic amines) is 1. The van der Waals surface area contributed by atoms with E-state index in [-0.39, 0.29) is 0 Å². The Bertz CT molecular complexity index is 971. The maximum atomic E-state index is 10.6. The summed E-state index contributed by atoms with van der Waals surface area (Å²) in [5.41, 5.74) is 4.62. The summed E-state index contributed by atoms with van der Waals surface area (Å²) in [7, 11) is 4.46. The van der Waals surface area contributed by atoms with Crippen LogP contribution in [0.1, 0.15) is 28.7 Å². The summed E-state index contributed by atoms with van der Waals surface area (Å²) in [5, 5.41) is 18.7. The van der Waals surface area contributed by atoms with Gasteiger partial charge in [0.15, 0.2) is 0 Å². The van der Waals surface area contributed by atoms with Crippen molar-refractivity contribution in [3.8, 4) is 0 Å². The molecule has 2 heterocycles. The molecule has 0 amide bonds. The molecule has 6 nitrogen and oxygen atoms in total. The molecule has 0 bridgehead atoms. The summed E-state index contributed by atoms with van der Waals surface area (Å²) >= 11 is 1.80. The fourth-order valence-corrected chi connectivity index (χ4v) is 5.00. The minimum Gasteiger partial charge on any atom is -0.475 e. The summed E-state index contributed by atoms with van der Waals surface area (Å²) in [6.07, 6.45) is -10.2. The first-order valence-corrected chi connectivity index (χ1v) is 11.2. The molecule has 1 aliphatic heterocycles. The number of carbonyl (C=O) groups is 2. The molecule has 35 heavy (non-hydrogen) atoms. The Morgan fingerprint density at radius 3 is 1.91 bits per heavy atom. The van der Waals surface area contributed by atoms with Crippen molar-refractivity contribution in [3.05, 3.63) is 57.8 Å². The number of halogens is 6. The molecule has 1 aliphatic carbocycles. The smallest absolute Gasteiger partial charge is 0.475 e. The van der Waals surface area contributed by atoms with Crippen LogP contribution in [0.2, 0.25) is 0 Å². The van der Waals surface area contributed by atoms with Crippen molar-refractivity contribution in [1.29, 1.82) is 0 Å². The molecule has 1 aromatic heterocycles. The van der Waals surface area contributed by atoms with Crippen molar-refractivity contribution in [2.45, 2.75) is 30.9 Å². The van der Waals surface area contributed by atoms with Gasteiger partial charge in [-0.15, -0.1) is 0 Å². The molecule has 0 spiro atoms. The van der Waals surface area contributed by atoms with Crippen molar-refractivity contribution in [1.82, 2.24) is 9.80 Å². The van der Waals surface area contributed by atoms with Crippen LogP contribution in [-0.2, 0) is 16.1 Å². The highest BCUT2D eigenvalue weighted by Gasteiger charge is 2.46. The topological polar surface area (TPSA) is 81.1 Å². The highest BCUT2D eigenvalue weighted by molar-refractivity contribution is 7.07. The third kappa shape index (κ3) is 7.67. The fourth-order valence-electron chi connectivity index (χ4n) is 4.34. The molecule has 0 saturated carbocycles. The monoisotopic (exact) mass is 526 g/mol. The van der Waals surface area contributed by atoms with Gasteiger partial charge in [0.25, 0.3) is 0 Å². The van der Waals surface area contributed by atoms with Gasteiger partial charge in [0, 0.05) is 31.6 Å². The van der Waals surface area contributed by atoms with E-state index >= 15 is 0 Å². The second kappa shape index (κ2) is 11.4. The molecular weight excluding hydrogens is 502 g/mol. The van der Waals surface area contributed by atoms with E-state index in [0.717, 1.165) is 12.5 Å². The number of nitrogens with zero attached hydrogens (tertiary/aromatic N) is 2. The van der Waals surface area contributed by atoms with Gasteiger partial charge < -0.3 is 15.1 Å². The second-order valence-corrected chi connectivity index (χ2v) is 9.02. The molecular formula is C22H24F6N2O4S. The average Bonchev–Trinajstić information content (AvgIpc) is 3.43.